The van der Waals surface area contributed by atoms with Gasteiger partial charge in [-0.1, -0.05) is 24.3 Å². The lowest BCUT2D eigenvalue weighted by molar-refractivity contribution is 0.169. The summed E-state index contributed by atoms with van der Waals surface area (Å²) in [5.41, 5.74) is 7.89. The topological polar surface area (TPSA) is 44.5 Å². The van der Waals surface area contributed by atoms with Gasteiger partial charge in [-0.15, -0.1) is 0 Å². The van der Waals surface area contributed by atoms with Crippen LogP contribution in [0.1, 0.15) is 18.5 Å². The third-order valence-electron chi connectivity index (χ3n) is 2.46. The van der Waals surface area contributed by atoms with E-state index in [1.54, 1.807) is 0 Å². The molecule has 2 N–H and O–H groups in total. The standard InChI is InChI=1S/C12H15NO2/c1-8(2)11(13)9-4-3-5-10-12(9)15-7-6-14-10/h3-5,11H,1,6-7,13H2,2H3. The lowest BCUT2D eigenvalue weighted by atomic mass is 10.0. The van der Waals surface area contributed by atoms with E-state index in [9.17, 15) is 0 Å². The fourth-order valence-electron chi connectivity index (χ4n) is 1.61. The smallest absolute Gasteiger partial charge is 0.166 e. The Kier molecular flexibility index (Phi) is 2.64. The van der Waals surface area contributed by atoms with E-state index in [-0.39, 0.29) is 6.04 Å². The molecule has 0 aliphatic carbocycles. The van der Waals surface area contributed by atoms with Crippen LogP contribution in [0, 0.1) is 0 Å². The molecule has 0 saturated heterocycles. The highest BCUT2D eigenvalue weighted by Gasteiger charge is 2.19. The summed E-state index contributed by atoms with van der Waals surface area (Å²) < 4.78 is 11.1. The Morgan fingerprint density at radius 1 is 1.40 bits per heavy atom. The third kappa shape index (κ3) is 1.83. The second-order valence-corrected chi connectivity index (χ2v) is 3.70. The van der Waals surface area contributed by atoms with Crippen molar-refractivity contribution >= 4 is 0 Å². The fraction of sp³-hybridized carbons (Fsp3) is 0.333. The first kappa shape index (κ1) is 10.1. The predicted molar refractivity (Wildman–Crippen MR) is 59.2 cm³/mol. The molecule has 1 aliphatic rings. The van der Waals surface area contributed by atoms with E-state index in [1.807, 2.05) is 25.1 Å². The lowest BCUT2D eigenvalue weighted by Crippen LogP contribution is -2.19. The SMILES string of the molecule is C=C(C)C(N)c1cccc2c1OCCO2. The van der Waals surface area contributed by atoms with Crippen LogP contribution in [0.4, 0.5) is 0 Å². The monoisotopic (exact) mass is 205 g/mol. The van der Waals surface area contributed by atoms with E-state index < -0.39 is 0 Å². The number of ether oxygens (including phenoxy) is 2. The van der Waals surface area contributed by atoms with E-state index in [2.05, 4.69) is 6.58 Å². The zero-order valence-corrected chi connectivity index (χ0v) is 8.82. The minimum atomic E-state index is -0.193. The summed E-state index contributed by atoms with van der Waals surface area (Å²) in [5.74, 6) is 1.54. The molecule has 0 spiro atoms. The zero-order valence-electron chi connectivity index (χ0n) is 8.82. The van der Waals surface area contributed by atoms with E-state index in [0.29, 0.717) is 13.2 Å². The molecule has 0 fully saturated rings. The highest BCUT2D eigenvalue weighted by molar-refractivity contribution is 5.50. The van der Waals surface area contributed by atoms with Crippen LogP contribution >= 0.6 is 0 Å². The average molecular weight is 205 g/mol. The summed E-state index contributed by atoms with van der Waals surface area (Å²) in [6, 6.07) is 5.57. The Morgan fingerprint density at radius 3 is 2.87 bits per heavy atom. The third-order valence-corrected chi connectivity index (χ3v) is 2.46. The van der Waals surface area contributed by atoms with Crippen molar-refractivity contribution in [3.8, 4) is 11.5 Å². The molecule has 1 aromatic rings. The minimum absolute atomic E-state index is 0.193. The van der Waals surface area contributed by atoms with Crippen molar-refractivity contribution in [1.82, 2.24) is 0 Å². The Balaban J connectivity index is 2.43. The molecule has 1 aromatic carbocycles. The molecule has 1 heterocycles. The van der Waals surface area contributed by atoms with Gasteiger partial charge < -0.3 is 15.2 Å². The summed E-state index contributed by atoms with van der Waals surface area (Å²) in [4.78, 5) is 0. The summed E-state index contributed by atoms with van der Waals surface area (Å²) in [6.07, 6.45) is 0. The van der Waals surface area contributed by atoms with E-state index in [1.165, 1.54) is 0 Å². The number of benzene rings is 1. The highest BCUT2D eigenvalue weighted by atomic mass is 16.6. The van der Waals surface area contributed by atoms with Gasteiger partial charge in [-0.25, -0.2) is 0 Å². The first-order chi connectivity index (χ1) is 7.20. The van der Waals surface area contributed by atoms with Gasteiger partial charge in [0.25, 0.3) is 0 Å². The molecule has 0 amide bonds. The molecule has 0 aromatic heterocycles. The van der Waals surface area contributed by atoms with Crippen LogP contribution in [0.2, 0.25) is 0 Å². The highest BCUT2D eigenvalue weighted by Crippen LogP contribution is 2.37. The zero-order chi connectivity index (χ0) is 10.8. The Hall–Kier alpha value is -1.48. The first-order valence-corrected chi connectivity index (χ1v) is 4.99. The Morgan fingerprint density at radius 2 is 2.13 bits per heavy atom. The number of hydrogen-bond donors (Lipinski definition) is 1. The lowest BCUT2D eigenvalue weighted by Gasteiger charge is -2.23. The maximum Gasteiger partial charge on any atom is 0.166 e. The molecule has 15 heavy (non-hydrogen) atoms. The summed E-state index contributed by atoms with van der Waals surface area (Å²) >= 11 is 0. The van der Waals surface area contributed by atoms with Crippen LogP contribution in [0.25, 0.3) is 0 Å². The van der Waals surface area contributed by atoms with Crippen LogP contribution < -0.4 is 15.2 Å². The molecule has 0 radical (unpaired) electrons. The molecule has 0 bridgehead atoms. The molecule has 1 atom stereocenters. The van der Waals surface area contributed by atoms with Gasteiger partial charge in [-0.05, 0) is 13.0 Å². The average Bonchev–Trinajstić information content (AvgIpc) is 2.27. The number of hydrogen-bond acceptors (Lipinski definition) is 3. The second-order valence-electron chi connectivity index (χ2n) is 3.70. The fourth-order valence-corrected chi connectivity index (χ4v) is 1.61. The minimum Gasteiger partial charge on any atom is -0.486 e. The van der Waals surface area contributed by atoms with Gasteiger partial charge in [-0.2, -0.15) is 0 Å². The Bertz CT molecular complexity index is 387. The number of para-hydroxylation sites is 1. The van der Waals surface area contributed by atoms with Gasteiger partial charge in [0.2, 0.25) is 0 Å². The molecule has 1 unspecified atom stereocenters. The van der Waals surface area contributed by atoms with Gasteiger partial charge in [0, 0.05) is 5.56 Å². The van der Waals surface area contributed by atoms with Crippen LogP contribution in [-0.4, -0.2) is 13.2 Å². The number of fused-ring (bicyclic) bond motifs is 1. The molecular weight excluding hydrogens is 190 g/mol. The molecule has 3 heteroatoms. The van der Waals surface area contributed by atoms with Crippen LogP contribution in [0.15, 0.2) is 30.4 Å². The van der Waals surface area contributed by atoms with Crippen molar-refractivity contribution in [2.45, 2.75) is 13.0 Å². The molecule has 2 rings (SSSR count). The Labute approximate surface area is 89.5 Å². The molecule has 0 saturated carbocycles. The van der Waals surface area contributed by atoms with Gasteiger partial charge in [0.15, 0.2) is 11.5 Å². The van der Waals surface area contributed by atoms with E-state index >= 15 is 0 Å². The van der Waals surface area contributed by atoms with Gasteiger partial charge in [-0.3, -0.25) is 0 Å². The number of nitrogens with two attached hydrogens (primary N) is 1. The van der Waals surface area contributed by atoms with Crippen LogP contribution in [0.5, 0.6) is 11.5 Å². The van der Waals surface area contributed by atoms with Crippen molar-refractivity contribution in [1.29, 1.82) is 0 Å². The second kappa shape index (κ2) is 3.95. The summed E-state index contributed by atoms with van der Waals surface area (Å²) in [7, 11) is 0. The van der Waals surface area contributed by atoms with Crippen molar-refractivity contribution in [3.63, 3.8) is 0 Å². The summed E-state index contributed by atoms with van der Waals surface area (Å²) in [5, 5.41) is 0. The predicted octanol–water partition coefficient (Wildman–Crippen LogP) is 2.03. The van der Waals surface area contributed by atoms with Gasteiger partial charge >= 0.3 is 0 Å². The van der Waals surface area contributed by atoms with Crippen molar-refractivity contribution in [2.75, 3.05) is 13.2 Å². The first-order valence-electron chi connectivity index (χ1n) is 4.99. The van der Waals surface area contributed by atoms with Crippen molar-refractivity contribution in [3.05, 3.63) is 35.9 Å². The van der Waals surface area contributed by atoms with Crippen LogP contribution in [0.3, 0.4) is 0 Å². The van der Waals surface area contributed by atoms with Crippen LogP contribution in [-0.2, 0) is 0 Å². The number of rotatable bonds is 2. The van der Waals surface area contributed by atoms with Gasteiger partial charge in [0.05, 0.1) is 6.04 Å². The van der Waals surface area contributed by atoms with Gasteiger partial charge in [0.1, 0.15) is 13.2 Å². The quantitative estimate of drug-likeness (QED) is 0.751. The molecule has 3 nitrogen and oxygen atoms in total. The maximum absolute atomic E-state index is 6.03. The van der Waals surface area contributed by atoms with E-state index in [0.717, 1.165) is 22.6 Å². The molecular formula is C12H15NO2. The normalized spacial score (nSPS) is 15.9. The largest absolute Gasteiger partial charge is 0.486 e. The van der Waals surface area contributed by atoms with Crippen molar-refractivity contribution < 1.29 is 9.47 Å². The maximum atomic E-state index is 6.03. The summed E-state index contributed by atoms with van der Waals surface area (Å²) in [6.45, 7) is 6.94. The van der Waals surface area contributed by atoms with E-state index in [4.69, 9.17) is 15.2 Å². The molecule has 1 aliphatic heterocycles. The van der Waals surface area contributed by atoms with Crippen molar-refractivity contribution in [2.24, 2.45) is 5.73 Å². The molecule has 80 valence electrons.